The molecule has 0 bridgehead atoms. The van der Waals surface area contributed by atoms with Gasteiger partial charge in [0.1, 0.15) is 35.9 Å². The van der Waals surface area contributed by atoms with Crippen molar-refractivity contribution in [3.63, 3.8) is 0 Å². The van der Waals surface area contributed by atoms with Crippen molar-refractivity contribution in [3.8, 4) is 17.4 Å². The Morgan fingerprint density at radius 3 is 2.09 bits per heavy atom. The number of halogens is 2. The van der Waals surface area contributed by atoms with Gasteiger partial charge < -0.3 is 29.0 Å². The van der Waals surface area contributed by atoms with Crippen molar-refractivity contribution in [1.82, 2.24) is 29.1 Å². The number of imidazole rings is 1. The van der Waals surface area contributed by atoms with Crippen LogP contribution < -0.4 is 30.8 Å². The molecule has 0 radical (unpaired) electrons. The molecule has 4 fully saturated rings. The van der Waals surface area contributed by atoms with Crippen LogP contribution in [0.15, 0.2) is 52.4 Å². The molecule has 3 unspecified atom stereocenters. The summed E-state index contributed by atoms with van der Waals surface area (Å²) in [5.41, 5.74) is -0.201. The van der Waals surface area contributed by atoms with E-state index in [9.17, 15) is 18.7 Å². The Bertz CT molecular complexity index is 2300. The van der Waals surface area contributed by atoms with E-state index in [2.05, 4.69) is 15.0 Å². The number of aromatic nitrogens is 6. The second-order valence-electron chi connectivity index (χ2n) is 12.7. The third kappa shape index (κ3) is 6.21. The highest BCUT2D eigenvalue weighted by Crippen LogP contribution is 2.61. The molecule has 0 saturated carbocycles. The minimum Gasteiger partial charge on any atom is -0.476 e. The van der Waals surface area contributed by atoms with Gasteiger partial charge in [0.2, 0.25) is 11.8 Å². The lowest BCUT2D eigenvalue weighted by Crippen LogP contribution is -2.46. The molecule has 0 amide bonds. The van der Waals surface area contributed by atoms with Gasteiger partial charge in [0.15, 0.2) is 35.0 Å². The van der Waals surface area contributed by atoms with E-state index >= 15 is 8.78 Å². The fourth-order valence-corrected chi connectivity index (χ4v) is 9.51. The zero-order chi connectivity index (χ0) is 37.5. The van der Waals surface area contributed by atoms with Crippen molar-refractivity contribution in [2.45, 2.75) is 69.0 Å². The van der Waals surface area contributed by atoms with Gasteiger partial charge in [0, 0.05) is 18.3 Å². The Hall–Kier alpha value is -4.27. The maximum atomic E-state index is 16.6. The molecule has 53 heavy (non-hydrogen) atoms. The van der Waals surface area contributed by atoms with Gasteiger partial charge in [-0.3, -0.25) is 37.0 Å². The van der Waals surface area contributed by atoms with Crippen LogP contribution in [0, 0.1) is 0 Å². The van der Waals surface area contributed by atoms with Gasteiger partial charge in [-0.25, -0.2) is 27.7 Å². The van der Waals surface area contributed by atoms with Crippen LogP contribution in [0.1, 0.15) is 33.2 Å². The molecular weight excluding hydrogens is 754 g/mol. The number of hydrogen-bond acceptors (Lipinski definition) is 17. The second-order valence-corrected chi connectivity index (χ2v) is 15.8. The van der Waals surface area contributed by atoms with E-state index in [1.807, 2.05) is 4.98 Å². The number of anilines is 1. The van der Waals surface area contributed by atoms with Crippen LogP contribution in [0.4, 0.5) is 14.7 Å². The minimum absolute atomic E-state index is 0.104. The summed E-state index contributed by atoms with van der Waals surface area (Å²) in [5.74, 6) is -0.388. The zero-order valence-corrected chi connectivity index (χ0v) is 29.7. The summed E-state index contributed by atoms with van der Waals surface area (Å²) in [7, 11) is -9.07. The van der Waals surface area contributed by atoms with E-state index in [4.69, 9.17) is 47.1 Å². The largest absolute Gasteiger partial charge is 0.530 e. The fraction of sp³-hybridized carbons (Fsp3) is 0.483. The molecule has 1 aromatic carbocycles. The molecular formula is C29H31F2N7O13P2. The average Bonchev–Trinajstić information content (AvgIpc) is 3.69. The number of benzene rings is 1. The summed E-state index contributed by atoms with van der Waals surface area (Å²) in [5, 5.41) is 0. The molecule has 24 heteroatoms. The smallest absolute Gasteiger partial charge is 0.476 e. The molecule has 4 aliphatic heterocycles. The van der Waals surface area contributed by atoms with Gasteiger partial charge in [-0.15, -0.1) is 0 Å². The van der Waals surface area contributed by atoms with Crippen LogP contribution in [0.25, 0.3) is 11.2 Å². The van der Waals surface area contributed by atoms with E-state index in [1.165, 1.54) is 36.0 Å². The van der Waals surface area contributed by atoms with Crippen LogP contribution in [0.5, 0.6) is 17.4 Å². The Labute approximate surface area is 296 Å². The monoisotopic (exact) mass is 785 g/mol. The molecule has 20 nitrogen and oxygen atoms in total. The molecule has 284 valence electrons. The molecule has 0 aliphatic carbocycles. The van der Waals surface area contributed by atoms with E-state index in [0.717, 1.165) is 29.8 Å². The van der Waals surface area contributed by atoms with Crippen LogP contribution >= 0.6 is 15.6 Å². The lowest BCUT2D eigenvalue weighted by molar-refractivity contribution is -0.0681. The van der Waals surface area contributed by atoms with Gasteiger partial charge in [-0.05, 0) is 32.9 Å². The summed E-state index contributed by atoms with van der Waals surface area (Å²) < 4.78 is 112. The van der Waals surface area contributed by atoms with Crippen molar-refractivity contribution < 1.29 is 59.3 Å². The normalized spacial score (nSPS) is 36.5. The standard InChI is InChI=1S/C29H31F2N7O13P2/c1-4-43-23-19-22(35-26(32)36-23)38(13-33-19)25-29(3,31)21-17(47-25)12-45-53(42,51-21)49-15-7-5-6-14(10-15)48-52(41)44-11-16-20(50-52)28(2,30)24(46-16)37-9-8-18(39)34-27(37)40/h5-10,13,16-17,20-21,24-25H,4,11-12H2,1-3H3,(H2,32,35,36)(H,34,39,40)/t16?,17-,20-,21-,24-,25-,28-,29-,52?,53?/m1/s1. The Kier molecular flexibility index (Phi) is 8.54. The number of nitrogens with zero attached hydrogens (tertiary/aromatic N) is 5. The maximum Gasteiger partial charge on any atom is 0.530 e. The molecule has 8 rings (SSSR count). The van der Waals surface area contributed by atoms with Crippen molar-refractivity contribution >= 4 is 32.8 Å². The summed E-state index contributed by atoms with van der Waals surface area (Å²) in [6.45, 7) is 3.44. The average molecular weight is 786 g/mol. The summed E-state index contributed by atoms with van der Waals surface area (Å²) >= 11 is 0. The SMILES string of the molecule is CCOc1nc(N)nc2c1ncn2[C@@H]1O[C@@H]2COP(=O)(Oc3cccc(OP4(=O)OCC5O[C@@H](n6ccc(=O)[nH]c6=O)[C@](C)(F)[C@@H]5O4)c3)O[C@H]2[C@@]1(C)F. The highest BCUT2D eigenvalue weighted by Gasteiger charge is 2.63. The number of nitrogens with two attached hydrogens (primary N) is 1. The lowest BCUT2D eigenvalue weighted by atomic mass is 9.98. The second kappa shape index (κ2) is 12.7. The molecule has 7 heterocycles. The van der Waals surface area contributed by atoms with Crippen molar-refractivity contribution in [2.24, 2.45) is 0 Å². The Balaban J connectivity index is 0.965. The summed E-state index contributed by atoms with van der Waals surface area (Å²) in [6.07, 6.45) is -5.71. The molecule has 4 aromatic rings. The lowest BCUT2D eigenvalue weighted by Gasteiger charge is -2.34. The van der Waals surface area contributed by atoms with Gasteiger partial charge in [-0.1, -0.05) is 6.07 Å². The number of alkyl halides is 2. The molecule has 3 N–H and O–H groups in total. The number of nitrogens with one attached hydrogen (secondary N) is 1. The molecule has 3 aromatic heterocycles. The number of fused-ring (bicyclic) bond motifs is 3. The summed E-state index contributed by atoms with van der Waals surface area (Å²) in [4.78, 5) is 38.3. The highest BCUT2D eigenvalue weighted by molar-refractivity contribution is 7.49. The Morgan fingerprint density at radius 1 is 0.943 bits per heavy atom. The van der Waals surface area contributed by atoms with Gasteiger partial charge in [0.25, 0.3) is 5.56 Å². The van der Waals surface area contributed by atoms with E-state index in [0.29, 0.717) is 0 Å². The van der Waals surface area contributed by atoms with Crippen molar-refractivity contribution in [1.29, 1.82) is 0 Å². The third-order valence-corrected chi connectivity index (χ3v) is 11.7. The predicted octanol–water partition coefficient (Wildman–Crippen LogP) is 3.11. The highest BCUT2D eigenvalue weighted by atomic mass is 31.2. The number of aromatic amines is 1. The van der Waals surface area contributed by atoms with Crippen LogP contribution in [0.3, 0.4) is 0 Å². The first-order valence-corrected chi connectivity index (χ1v) is 19.0. The van der Waals surface area contributed by atoms with Gasteiger partial charge in [-0.2, -0.15) is 9.97 Å². The number of phosphoric acid groups is 2. The molecule has 4 aliphatic rings. The van der Waals surface area contributed by atoms with Crippen molar-refractivity contribution in [2.75, 3.05) is 25.6 Å². The van der Waals surface area contributed by atoms with Crippen LogP contribution in [-0.2, 0) is 36.7 Å². The van der Waals surface area contributed by atoms with E-state index in [1.54, 1.807) is 6.92 Å². The minimum atomic E-state index is -4.54. The van der Waals surface area contributed by atoms with Crippen LogP contribution in [0.2, 0.25) is 0 Å². The number of phosphoric ester groups is 2. The number of ether oxygens (including phenoxy) is 3. The van der Waals surface area contributed by atoms with Gasteiger partial charge >= 0.3 is 21.3 Å². The zero-order valence-electron chi connectivity index (χ0n) is 27.9. The topological polar surface area (TPSA) is 242 Å². The third-order valence-electron chi connectivity index (χ3n) is 8.92. The Morgan fingerprint density at radius 2 is 1.53 bits per heavy atom. The fourth-order valence-electron chi connectivity index (χ4n) is 6.56. The van der Waals surface area contributed by atoms with E-state index < -0.39 is 88.3 Å². The van der Waals surface area contributed by atoms with E-state index in [-0.39, 0.29) is 41.1 Å². The number of rotatable bonds is 8. The van der Waals surface area contributed by atoms with Crippen molar-refractivity contribution in [3.05, 3.63) is 63.7 Å². The molecule has 4 saturated heterocycles. The first kappa shape index (κ1) is 35.7. The first-order valence-electron chi connectivity index (χ1n) is 16.1. The van der Waals surface area contributed by atoms with Crippen LogP contribution in [-0.4, -0.2) is 84.6 Å². The number of H-pyrrole nitrogens is 1. The molecule has 10 atom stereocenters. The maximum absolute atomic E-state index is 16.6. The first-order chi connectivity index (χ1) is 25.1. The van der Waals surface area contributed by atoms with Gasteiger partial charge in [0.05, 0.1) is 26.1 Å². The number of nitrogen functional groups attached to an aromatic ring is 1. The summed E-state index contributed by atoms with van der Waals surface area (Å²) in [6, 6.07) is 6.22. The quantitative estimate of drug-likeness (QED) is 0.244. The predicted molar refractivity (Wildman–Crippen MR) is 174 cm³/mol. The molecule has 0 spiro atoms. The number of hydrogen-bond donors (Lipinski definition) is 2.